The van der Waals surface area contributed by atoms with Crippen LogP contribution in [0.4, 0.5) is 4.39 Å². The molecule has 2 aromatic rings. The predicted octanol–water partition coefficient (Wildman–Crippen LogP) is 3.51. The normalized spacial score (nSPS) is 19.0. The Morgan fingerprint density at radius 3 is 2.44 bits per heavy atom. The number of rotatable bonds is 5. The maximum Gasteiger partial charge on any atom is 0.243 e. The maximum atomic E-state index is 13.1. The van der Waals surface area contributed by atoms with Crippen LogP contribution in [-0.4, -0.2) is 31.2 Å². The maximum absolute atomic E-state index is 13.1. The highest BCUT2D eigenvalue weighted by Crippen LogP contribution is 2.27. The standard InChI is InChI=1S/C19H20ClFN2O3S/c1-13(14-4-8-16(21)9-5-14)22-19(24)18-3-2-12-23(18)27(25,26)17-10-6-15(20)7-11-17/h4-11,13,18H,2-3,12H2,1H3,(H,22,24). The average Bonchev–Trinajstić information content (AvgIpc) is 3.13. The van der Waals surface area contributed by atoms with Crippen LogP contribution < -0.4 is 5.32 Å². The van der Waals surface area contributed by atoms with Crippen LogP contribution >= 0.6 is 11.6 Å². The molecule has 1 fully saturated rings. The summed E-state index contributed by atoms with van der Waals surface area (Å²) >= 11 is 5.83. The second-order valence-corrected chi connectivity index (χ2v) is 8.84. The zero-order valence-electron chi connectivity index (χ0n) is 14.7. The minimum absolute atomic E-state index is 0.109. The summed E-state index contributed by atoms with van der Waals surface area (Å²) in [7, 11) is -3.79. The van der Waals surface area contributed by atoms with Crippen molar-refractivity contribution in [3.8, 4) is 0 Å². The van der Waals surface area contributed by atoms with Gasteiger partial charge in [0.1, 0.15) is 11.9 Å². The first-order valence-electron chi connectivity index (χ1n) is 8.62. The van der Waals surface area contributed by atoms with Gasteiger partial charge in [-0.1, -0.05) is 23.7 Å². The molecular weight excluding hydrogens is 391 g/mol. The number of halogens is 2. The molecule has 0 aliphatic carbocycles. The van der Waals surface area contributed by atoms with Crippen molar-refractivity contribution in [1.29, 1.82) is 0 Å². The molecule has 2 aromatic carbocycles. The lowest BCUT2D eigenvalue weighted by Gasteiger charge is -2.25. The molecule has 1 amide bonds. The Hall–Kier alpha value is -1.96. The molecule has 5 nitrogen and oxygen atoms in total. The Bertz CT molecular complexity index is 917. The molecule has 144 valence electrons. The van der Waals surface area contributed by atoms with E-state index in [1.54, 1.807) is 19.1 Å². The molecule has 0 saturated carbocycles. The fraction of sp³-hybridized carbons (Fsp3) is 0.316. The highest BCUT2D eigenvalue weighted by atomic mass is 35.5. The van der Waals surface area contributed by atoms with E-state index in [9.17, 15) is 17.6 Å². The van der Waals surface area contributed by atoms with Gasteiger partial charge in [0.15, 0.2) is 0 Å². The summed E-state index contributed by atoms with van der Waals surface area (Å²) in [6.07, 6.45) is 1.06. The average molecular weight is 411 g/mol. The molecular formula is C19H20ClFN2O3S. The lowest BCUT2D eigenvalue weighted by Crippen LogP contribution is -2.46. The van der Waals surface area contributed by atoms with Crippen LogP contribution in [0, 0.1) is 5.82 Å². The van der Waals surface area contributed by atoms with Gasteiger partial charge in [-0.15, -0.1) is 0 Å². The lowest BCUT2D eigenvalue weighted by atomic mass is 10.1. The molecule has 1 saturated heterocycles. The van der Waals surface area contributed by atoms with Crippen LogP contribution in [-0.2, 0) is 14.8 Å². The van der Waals surface area contributed by atoms with Gasteiger partial charge in [0.2, 0.25) is 15.9 Å². The van der Waals surface area contributed by atoms with Gasteiger partial charge in [-0.3, -0.25) is 4.79 Å². The van der Waals surface area contributed by atoms with E-state index >= 15 is 0 Å². The molecule has 0 radical (unpaired) electrons. The number of nitrogens with zero attached hydrogens (tertiary/aromatic N) is 1. The van der Waals surface area contributed by atoms with Crippen LogP contribution in [0.5, 0.6) is 0 Å². The Morgan fingerprint density at radius 2 is 1.81 bits per heavy atom. The van der Waals surface area contributed by atoms with Crippen molar-refractivity contribution in [3.63, 3.8) is 0 Å². The Kier molecular flexibility index (Phi) is 5.83. The summed E-state index contributed by atoms with van der Waals surface area (Å²) in [6, 6.07) is 10.6. The summed E-state index contributed by atoms with van der Waals surface area (Å²) in [6.45, 7) is 2.06. The van der Waals surface area contributed by atoms with Gasteiger partial charge in [-0.2, -0.15) is 4.31 Å². The van der Waals surface area contributed by atoms with Gasteiger partial charge in [0.25, 0.3) is 0 Å². The van der Waals surface area contributed by atoms with Crippen molar-refractivity contribution in [3.05, 3.63) is 64.9 Å². The third-order valence-electron chi connectivity index (χ3n) is 4.66. The molecule has 2 atom stereocenters. The summed E-state index contributed by atoms with van der Waals surface area (Å²) in [5, 5.41) is 3.27. The number of hydrogen-bond donors (Lipinski definition) is 1. The minimum atomic E-state index is -3.79. The predicted molar refractivity (Wildman–Crippen MR) is 101 cm³/mol. The van der Waals surface area contributed by atoms with Crippen molar-refractivity contribution < 1.29 is 17.6 Å². The van der Waals surface area contributed by atoms with E-state index in [0.717, 1.165) is 5.56 Å². The first-order valence-corrected chi connectivity index (χ1v) is 10.4. The molecule has 0 bridgehead atoms. The largest absolute Gasteiger partial charge is 0.348 e. The highest BCUT2D eigenvalue weighted by molar-refractivity contribution is 7.89. The van der Waals surface area contributed by atoms with Crippen LogP contribution in [0.1, 0.15) is 31.4 Å². The van der Waals surface area contributed by atoms with Crippen molar-refractivity contribution in [2.45, 2.75) is 36.7 Å². The minimum Gasteiger partial charge on any atom is -0.348 e. The van der Waals surface area contributed by atoms with Crippen LogP contribution in [0.15, 0.2) is 53.4 Å². The third-order valence-corrected chi connectivity index (χ3v) is 6.83. The Labute approximate surface area is 163 Å². The first kappa shape index (κ1) is 19.8. The van der Waals surface area contributed by atoms with Gasteiger partial charge in [0, 0.05) is 11.6 Å². The zero-order chi connectivity index (χ0) is 19.6. The molecule has 1 heterocycles. The molecule has 1 aliphatic heterocycles. The van der Waals surface area contributed by atoms with Crippen molar-refractivity contribution >= 4 is 27.5 Å². The van der Waals surface area contributed by atoms with Crippen molar-refractivity contribution in [2.75, 3.05) is 6.54 Å². The zero-order valence-corrected chi connectivity index (χ0v) is 16.3. The van der Waals surface area contributed by atoms with E-state index in [0.29, 0.717) is 17.9 Å². The number of nitrogens with one attached hydrogen (secondary N) is 1. The Balaban J connectivity index is 1.76. The number of carbonyl (C=O) groups excluding carboxylic acids is 1. The third kappa shape index (κ3) is 4.31. The molecule has 8 heteroatoms. The second kappa shape index (κ2) is 7.96. The topological polar surface area (TPSA) is 66.5 Å². The van der Waals surface area contributed by atoms with E-state index in [2.05, 4.69) is 5.32 Å². The molecule has 0 spiro atoms. The number of benzene rings is 2. The summed E-state index contributed by atoms with van der Waals surface area (Å²) in [4.78, 5) is 12.8. The smallest absolute Gasteiger partial charge is 0.243 e. The van der Waals surface area contributed by atoms with E-state index in [1.807, 2.05) is 0 Å². The van der Waals surface area contributed by atoms with Crippen LogP contribution in [0.3, 0.4) is 0 Å². The van der Waals surface area contributed by atoms with Crippen LogP contribution in [0.25, 0.3) is 0 Å². The van der Waals surface area contributed by atoms with Gasteiger partial charge < -0.3 is 5.32 Å². The molecule has 2 unspecified atom stereocenters. The van der Waals surface area contributed by atoms with Crippen molar-refractivity contribution in [2.24, 2.45) is 0 Å². The quantitative estimate of drug-likeness (QED) is 0.820. The summed E-state index contributed by atoms with van der Waals surface area (Å²) in [5.74, 6) is -0.713. The molecule has 1 N–H and O–H groups in total. The van der Waals surface area contributed by atoms with Gasteiger partial charge >= 0.3 is 0 Å². The van der Waals surface area contributed by atoms with Gasteiger partial charge in [0.05, 0.1) is 10.9 Å². The van der Waals surface area contributed by atoms with E-state index in [-0.39, 0.29) is 29.2 Å². The fourth-order valence-electron chi connectivity index (χ4n) is 3.18. The molecule has 1 aliphatic rings. The SMILES string of the molecule is CC(NC(=O)C1CCCN1S(=O)(=O)c1ccc(Cl)cc1)c1ccc(F)cc1. The molecule has 0 aromatic heterocycles. The van der Waals surface area contributed by atoms with Crippen LogP contribution in [0.2, 0.25) is 5.02 Å². The summed E-state index contributed by atoms with van der Waals surface area (Å²) in [5.41, 5.74) is 0.745. The highest BCUT2D eigenvalue weighted by Gasteiger charge is 2.39. The monoisotopic (exact) mass is 410 g/mol. The first-order chi connectivity index (χ1) is 12.8. The Morgan fingerprint density at radius 1 is 1.19 bits per heavy atom. The van der Waals surface area contributed by atoms with E-state index in [4.69, 9.17) is 11.6 Å². The van der Waals surface area contributed by atoms with Crippen molar-refractivity contribution in [1.82, 2.24) is 9.62 Å². The number of carbonyl (C=O) groups is 1. The molecule has 3 rings (SSSR count). The molecule has 27 heavy (non-hydrogen) atoms. The van der Waals surface area contributed by atoms with Gasteiger partial charge in [-0.25, -0.2) is 12.8 Å². The van der Waals surface area contributed by atoms with Gasteiger partial charge in [-0.05, 0) is 61.7 Å². The second-order valence-electron chi connectivity index (χ2n) is 6.51. The number of sulfonamides is 1. The van der Waals surface area contributed by atoms with E-state index in [1.165, 1.54) is 40.7 Å². The number of hydrogen-bond acceptors (Lipinski definition) is 3. The lowest BCUT2D eigenvalue weighted by molar-refractivity contribution is -0.124. The summed E-state index contributed by atoms with van der Waals surface area (Å²) < 4.78 is 40.1. The number of amides is 1. The fourth-order valence-corrected chi connectivity index (χ4v) is 4.96. The van der Waals surface area contributed by atoms with E-state index < -0.39 is 16.1 Å².